The minimum atomic E-state index is -0.609. The summed E-state index contributed by atoms with van der Waals surface area (Å²) >= 11 is 0. The van der Waals surface area contributed by atoms with Crippen LogP contribution in [0.1, 0.15) is 24.1 Å². The summed E-state index contributed by atoms with van der Waals surface area (Å²) in [5.41, 5.74) is 1.03. The molecule has 0 aliphatic heterocycles. The van der Waals surface area contributed by atoms with Crippen LogP contribution in [0.15, 0.2) is 36.7 Å². The van der Waals surface area contributed by atoms with Crippen LogP contribution in [0.25, 0.3) is 0 Å². The van der Waals surface area contributed by atoms with Gasteiger partial charge in [-0.1, -0.05) is 6.07 Å². The molecule has 19 heavy (non-hydrogen) atoms. The van der Waals surface area contributed by atoms with E-state index >= 15 is 0 Å². The van der Waals surface area contributed by atoms with Crippen molar-refractivity contribution in [2.75, 3.05) is 0 Å². The lowest BCUT2D eigenvalue weighted by atomic mass is 10.1. The van der Waals surface area contributed by atoms with E-state index in [-0.39, 0.29) is 6.04 Å². The molecule has 0 aliphatic carbocycles. The van der Waals surface area contributed by atoms with E-state index in [1.807, 2.05) is 0 Å². The van der Waals surface area contributed by atoms with Crippen molar-refractivity contribution in [2.45, 2.75) is 19.5 Å². The second-order valence-corrected chi connectivity index (χ2v) is 4.28. The van der Waals surface area contributed by atoms with Crippen LogP contribution in [-0.4, -0.2) is 4.98 Å². The second-order valence-electron chi connectivity index (χ2n) is 4.28. The molecule has 0 bridgehead atoms. The van der Waals surface area contributed by atoms with Gasteiger partial charge in [-0.15, -0.1) is 0 Å². The normalized spacial score (nSPS) is 12.4. The molecule has 2 rings (SSSR count). The number of nitrogens with zero attached hydrogens (tertiary/aromatic N) is 1. The Morgan fingerprint density at radius 3 is 2.58 bits per heavy atom. The molecule has 2 aromatic rings. The monoisotopic (exact) mass is 266 g/mol. The van der Waals surface area contributed by atoms with E-state index in [1.165, 1.54) is 24.4 Å². The number of hydrogen-bond acceptors (Lipinski definition) is 2. The molecule has 1 atom stereocenters. The first kappa shape index (κ1) is 13.5. The number of pyridine rings is 1. The fourth-order valence-corrected chi connectivity index (χ4v) is 1.79. The van der Waals surface area contributed by atoms with Gasteiger partial charge in [0.1, 0.15) is 17.5 Å². The van der Waals surface area contributed by atoms with Gasteiger partial charge in [-0.2, -0.15) is 0 Å². The molecule has 5 heteroatoms. The maximum Gasteiger partial charge on any atom is 0.141 e. The molecule has 0 aliphatic rings. The van der Waals surface area contributed by atoms with E-state index in [4.69, 9.17) is 0 Å². The highest BCUT2D eigenvalue weighted by Gasteiger charge is 2.11. The van der Waals surface area contributed by atoms with Crippen LogP contribution in [0.5, 0.6) is 0 Å². The van der Waals surface area contributed by atoms with Gasteiger partial charge in [-0.3, -0.25) is 4.98 Å². The second kappa shape index (κ2) is 5.84. The number of nitrogens with one attached hydrogen (secondary N) is 1. The molecule has 1 aromatic carbocycles. The Balaban J connectivity index is 2.03. The molecule has 2 nitrogen and oxygen atoms in total. The lowest BCUT2D eigenvalue weighted by Gasteiger charge is -2.15. The van der Waals surface area contributed by atoms with Gasteiger partial charge in [-0.05, 0) is 24.6 Å². The topological polar surface area (TPSA) is 24.9 Å². The van der Waals surface area contributed by atoms with Crippen LogP contribution in [0.2, 0.25) is 0 Å². The van der Waals surface area contributed by atoms with E-state index in [0.29, 0.717) is 17.7 Å². The zero-order valence-electron chi connectivity index (χ0n) is 10.3. The summed E-state index contributed by atoms with van der Waals surface area (Å²) in [6.45, 7) is 2.10. The van der Waals surface area contributed by atoms with Gasteiger partial charge in [0, 0.05) is 30.4 Å². The predicted molar refractivity (Wildman–Crippen MR) is 65.8 cm³/mol. The number of halogens is 3. The highest BCUT2D eigenvalue weighted by Crippen LogP contribution is 2.18. The number of aromatic nitrogens is 1. The Bertz CT molecular complexity index is 572. The van der Waals surface area contributed by atoms with E-state index in [1.54, 1.807) is 6.92 Å². The summed E-state index contributed by atoms with van der Waals surface area (Å²) in [7, 11) is 0. The molecule has 0 spiro atoms. The van der Waals surface area contributed by atoms with E-state index < -0.39 is 17.5 Å². The van der Waals surface area contributed by atoms with Crippen LogP contribution in [0.4, 0.5) is 13.2 Å². The van der Waals surface area contributed by atoms with Crippen molar-refractivity contribution < 1.29 is 13.2 Å². The third-order valence-electron chi connectivity index (χ3n) is 2.80. The van der Waals surface area contributed by atoms with Gasteiger partial charge in [0.25, 0.3) is 0 Å². The average Bonchev–Trinajstić information content (AvgIpc) is 2.36. The van der Waals surface area contributed by atoms with Gasteiger partial charge in [0.15, 0.2) is 0 Å². The molecule has 0 amide bonds. The van der Waals surface area contributed by atoms with Crippen molar-refractivity contribution in [1.29, 1.82) is 0 Å². The van der Waals surface area contributed by atoms with E-state index in [0.717, 1.165) is 12.3 Å². The summed E-state index contributed by atoms with van der Waals surface area (Å²) in [5.74, 6) is -1.62. The zero-order chi connectivity index (χ0) is 13.8. The molecular formula is C14H13F3N2. The van der Waals surface area contributed by atoms with Crippen LogP contribution in [0, 0.1) is 17.5 Å². The highest BCUT2D eigenvalue weighted by molar-refractivity contribution is 5.22. The van der Waals surface area contributed by atoms with Gasteiger partial charge in [0.05, 0.1) is 6.20 Å². The van der Waals surface area contributed by atoms with Gasteiger partial charge in [0.2, 0.25) is 0 Å². The molecular weight excluding hydrogens is 253 g/mol. The van der Waals surface area contributed by atoms with E-state index in [9.17, 15) is 13.2 Å². The van der Waals surface area contributed by atoms with Gasteiger partial charge in [-0.25, -0.2) is 13.2 Å². The molecule has 0 saturated carbocycles. The Morgan fingerprint density at radius 1 is 1.11 bits per heavy atom. The van der Waals surface area contributed by atoms with Gasteiger partial charge >= 0.3 is 0 Å². The number of hydrogen-bond donors (Lipinski definition) is 1. The van der Waals surface area contributed by atoms with Crippen molar-refractivity contribution in [1.82, 2.24) is 10.3 Å². The predicted octanol–water partition coefficient (Wildman–Crippen LogP) is 3.35. The molecule has 0 saturated heterocycles. The first-order valence-corrected chi connectivity index (χ1v) is 5.84. The molecule has 1 heterocycles. The van der Waals surface area contributed by atoms with Crippen LogP contribution >= 0.6 is 0 Å². The smallest absolute Gasteiger partial charge is 0.141 e. The standard InChI is InChI=1S/C14H13F3N2/c1-9(13-3-2-11(15)5-14(13)17)19-7-10-4-12(16)8-18-6-10/h2-6,8-9,19H,7H2,1H3. The minimum Gasteiger partial charge on any atom is -0.306 e. The zero-order valence-corrected chi connectivity index (χ0v) is 10.3. The first-order chi connectivity index (χ1) is 9.06. The minimum absolute atomic E-state index is 0.316. The molecule has 1 unspecified atom stereocenters. The average molecular weight is 266 g/mol. The molecule has 0 fully saturated rings. The van der Waals surface area contributed by atoms with Crippen molar-refractivity contribution in [3.63, 3.8) is 0 Å². The third kappa shape index (κ3) is 3.54. The van der Waals surface area contributed by atoms with E-state index in [2.05, 4.69) is 10.3 Å². The van der Waals surface area contributed by atoms with Crippen LogP contribution < -0.4 is 5.32 Å². The Morgan fingerprint density at radius 2 is 1.89 bits per heavy atom. The van der Waals surface area contributed by atoms with Crippen molar-refractivity contribution in [3.8, 4) is 0 Å². The van der Waals surface area contributed by atoms with Crippen molar-refractivity contribution >= 4 is 0 Å². The maximum absolute atomic E-state index is 13.5. The maximum atomic E-state index is 13.5. The summed E-state index contributed by atoms with van der Waals surface area (Å²) in [6.07, 6.45) is 2.65. The lowest BCUT2D eigenvalue weighted by molar-refractivity contribution is 0.516. The molecule has 0 radical (unpaired) electrons. The Labute approximate surface area is 109 Å². The fraction of sp³-hybridized carbons (Fsp3) is 0.214. The molecule has 1 N–H and O–H groups in total. The Kier molecular flexibility index (Phi) is 4.16. The third-order valence-corrected chi connectivity index (χ3v) is 2.80. The van der Waals surface area contributed by atoms with Crippen LogP contribution in [-0.2, 0) is 6.54 Å². The Hall–Kier alpha value is -1.88. The first-order valence-electron chi connectivity index (χ1n) is 5.84. The summed E-state index contributed by atoms with van der Waals surface area (Å²) in [4.78, 5) is 3.73. The quantitative estimate of drug-likeness (QED) is 0.918. The van der Waals surface area contributed by atoms with Crippen molar-refractivity contribution in [2.24, 2.45) is 0 Å². The molecule has 100 valence electrons. The highest BCUT2D eigenvalue weighted by atomic mass is 19.1. The van der Waals surface area contributed by atoms with Gasteiger partial charge < -0.3 is 5.32 Å². The number of rotatable bonds is 4. The summed E-state index contributed by atoms with van der Waals surface area (Å²) in [5, 5.41) is 3.03. The van der Waals surface area contributed by atoms with Crippen LogP contribution in [0.3, 0.4) is 0 Å². The van der Waals surface area contributed by atoms with Crippen molar-refractivity contribution in [3.05, 3.63) is 65.2 Å². The SMILES string of the molecule is CC(NCc1cncc(F)c1)c1ccc(F)cc1F. The largest absolute Gasteiger partial charge is 0.306 e. The molecule has 1 aromatic heterocycles. The summed E-state index contributed by atoms with van der Waals surface area (Å²) in [6, 6.07) is 4.49. The lowest BCUT2D eigenvalue weighted by Crippen LogP contribution is -2.19. The summed E-state index contributed by atoms with van der Waals surface area (Å²) < 4.78 is 39.3. The number of benzene rings is 1. The fourth-order valence-electron chi connectivity index (χ4n) is 1.79.